The predicted octanol–water partition coefficient (Wildman–Crippen LogP) is 16.0. The fraction of sp³-hybridized carbons (Fsp3) is 0. The van der Waals surface area contributed by atoms with Crippen molar-refractivity contribution >= 4 is 60.5 Å². The number of anilines is 3. The van der Waals surface area contributed by atoms with Crippen LogP contribution in [-0.4, -0.2) is 0 Å². The number of fused-ring (bicyclic) bond motifs is 6. The Balaban J connectivity index is 1.09. The van der Waals surface area contributed by atoms with Gasteiger partial charge in [0.1, 0.15) is 11.2 Å². The molecule has 0 radical (unpaired) electrons. The van der Waals surface area contributed by atoms with Gasteiger partial charge in [0.15, 0.2) is 0 Å². The Hall–Kier alpha value is -7.68. The number of rotatable bonds is 7. The lowest BCUT2D eigenvalue weighted by Crippen LogP contribution is -2.11. The SMILES string of the molecule is c1ccc(-c2cccc(N(c3ccc4cc(-c5ccccc5)ccc4c3)c3ccc(-c4ccc5c(ccc6oc7ccccc7c65)c4)cc3-c3ccccc3)c2)cc1. The van der Waals surface area contributed by atoms with E-state index in [1.807, 2.05) is 12.1 Å². The van der Waals surface area contributed by atoms with Gasteiger partial charge in [0.2, 0.25) is 0 Å². The lowest BCUT2D eigenvalue weighted by Gasteiger charge is -2.29. The van der Waals surface area contributed by atoms with Crippen LogP contribution in [-0.2, 0) is 0 Å². The number of hydrogen-bond donors (Lipinski definition) is 0. The average Bonchev–Trinajstić information content (AvgIpc) is 3.69. The number of nitrogens with zero attached hydrogens (tertiary/aromatic N) is 1. The normalized spacial score (nSPS) is 11.4. The number of furan rings is 1. The van der Waals surface area contributed by atoms with E-state index in [2.05, 4.69) is 217 Å². The molecular weight excluding hydrogens is 703 g/mol. The van der Waals surface area contributed by atoms with Crippen LogP contribution < -0.4 is 4.90 Å². The highest BCUT2D eigenvalue weighted by Gasteiger charge is 2.20. The van der Waals surface area contributed by atoms with Gasteiger partial charge >= 0.3 is 0 Å². The van der Waals surface area contributed by atoms with E-state index in [1.165, 1.54) is 54.7 Å². The summed E-state index contributed by atoms with van der Waals surface area (Å²) >= 11 is 0. The van der Waals surface area contributed by atoms with Crippen molar-refractivity contribution in [2.75, 3.05) is 4.90 Å². The minimum atomic E-state index is 0.916. The highest BCUT2D eigenvalue weighted by Crippen LogP contribution is 2.45. The van der Waals surface area contributed by atoms with Gasteiger partial charge in [0.25, 0.3) is 0 Å². The maximum atomic E-state index is 6.22. The summed E-state index contributed by atoms with van der Waals surface area (Å²) in [6.45, 7) is 0. The van der Waals surface area contributed by atoms with Crippen LogP contribution >= 0.6 is 0 Å². The van der Waals surface area contributed by atoms with Crippen LogP contribution in [0.15, 0.2) is 229 Å². The zero-order valence-electron chi connectivity index (χ0n) is 31.7. The zero-order valence-corrected chi connectivity index (χ0v) is 31.7. The van der Waals surface area contributed by atoms with Crippen LogP contribution in [0.2, 0.25) is 0 Å². The topological polar surface area (TPSA) is 16.4 Å². The first-order valence-electron chi connectivity index (χ1n) is 19.8. The van der Waals surface area contributed by atoms with Gasteiger partial charge < -0.3 is 9.32 Å². The van der Waals surface area contributed by atoms with E-state index in [9.17, 15) is 0 Å². The van der Waals surface area contributed by atoms with Crippen molar-refractivity contribution in [3.8, 4) is 44.5 Å². The van der Waals surface area contributed by atoms with Crippen LogP contribution in [0.3, 0.4) is 0 Å². The maximum Gasteiger partial charge on any atom is 0.136 e. The molecule has 58 heavy (non-hydrogen) atoms. The molecule has 2 nitrogen and oxygen atoms in total. The van der Waals surface area contributed by atoms with Gasteiger partial charge in [0.05, 0.1) is 5.69 Å². The van der Waals surface area contributed by atoms with Crippen LogP contribution in [0.25, 0.3) is 88.0 Å². The summed E-state index contributed by atoms with van der Waals surface area (Å²) < 4.78 is 6.22. The van der Waals surface area contributed by atoms with Crippen molar-refractivity contribution in [1.82, 2.24) is 0 Å². The van der Waals surface area contributed by atoms with E-state index in [0.717, 1.165) is 50.3 Å². The highest BCUT2D eigenvalue weighted by atomic mass is 16.3. The summed E-state index contributed by atoms with van der Waals surface area (Å²) in [5, 5.41) is 7.10. The van der Waals surface area contributed by atoms with Crippen molar-refractivity contribution in [1.29, 1.82) is 0 Å². The Labute approximate surface area is 337 Å². The molecule has 0 aliphatic heterocycles. The monoisotopic (exact) mass is 739 g/mol. The predicted molar refractivity (Wildman–Crippen MR) is 245 cm³/mol. The molecule has 0 saturated heterocycles. The minimum Gasteiger partial charge on any atom is -0.456 e. The van der Waals surface area contributed by atoms with Crippen molar-refractivity contribution < 1.29 is 4.42 Å². The summed E-state index contributed by atoms with van der Waals surface area (Å²) in [7, 11) is 0. The molecule has 1 aromatic heterocycles. The van der Waals surface area contributed by atoms with Crippen molar-refractivity contribution in [2.24, 2.45) is 0 Å². The first kappa shape index (κ1) is 33.6. The zero-order chi connectivity index (χ0) is 38.4. The molecule has 0 bridgehead atoms. The molecule has 0 aliphatic carbocycles. The summed E-state index contributed by atoms with van der Waals surface area (Å²) in [4.78, 5) is 2.42. The van der Waals surface area contributed by atoms with Gasteiger partial charge in [-0.15, -0.1) is 0 Å². The molecule has 0 fully saturated rings. The first-order valence-corrected chi connectivity index (χ1v) is 19.8. The second kappa shape index (κ2) is 14.1. The Morgan fingerprint density at radius 2 is 0.845 bits per heavy atom. The molecule has 272 valence electrons. The van der Waals surface area contributed by atoms with E-state index in [-0.39, 0.29) is 0 Å². The van der Waals surface area contributed by atoms with E-state index in [0.29, 0.717) is 0 Å². The Morgan fingerprint density at radius 3 is 1.64 bits per heavy atom. The van der Waals surface area contributed by atoms with E-state index in [4.69, 9.17) is 4.42 Å². The number of benzene rings is 10. The first-order chi connectivity index (χ1) is 28.7. The lowest BCUT2D eigenvalue weighted by molar-refractivity contribution is 0.669. The molecule has 11 rings (SSSR count). The molecule has 0 unspecified atom stereocenters. The third kappa shape index (κ3) is 6.00. The summed E-state index contributed by atoms with van der Waals surface area (Å²) in [5.41, 5.74) is 14.5. The number of para-hydroxylation sites is 1. The van der Waals surface area contributed by atoms with Crippen LogP contribution in [0.1, 0.15) is 0 Å². The smallest absolute Gasteiger partial charge is 0.136 e. The fourth-order valence-electron chi connectivity index (χ4n) is 8.56. The third-order valence-electron chi connectivity index (χ3n) is 11.4. The minimum absolute atomic E-state index is 0.916. The average molecular weight is 740 g/mol. The van der Waals surface area contributed by atoms with E-state index in [1.54, 1.807) is 0 Å². The molecule has 0 spiro atoms. The molecule has 2 heteroatoms. The standard InChI is InChI=1S/C56H37NO/c1-4-13-38(14-5-1)41-19-12-20-48(35-41)57(49-29-25-43-33-42(23-24-45(43)36-49)39-15-6-2-7-16-39)53-31-27-46(37-52(53)40-17-8-3-9-18-40)44-26-30-50-47(34-44)28-32-55-56(50)51-21-10-11-22-54(51)58-55/h1-37H. The number of hydrogen-bond acceptors (Lipinski definition) is 2. The van der Waals surface area contributed by atoms with E-state index >= 15 is 0 Å². The molecule has 1 heterocycles. The third-order valence-corrected chi connectivity index (χ3v) is 11.4. The molecule has 0 aliphatic rings. The van der Waals surface area contributed by atoms with Gasteiger partial charge in [-0.3, -0.25) is 0 Å². The Morgan fingerprint density at radius 1 is 0.293 bits per heavy atom. The molecule has 0 amide bonds. The highest BCUT2D eigenvalue weighted by molar-refractivity contribution is 6.19. The summed E-state index contributed by atoms with van der Waals surface area (Å²) in [6, 6.07) is 80.9. The Kier molecular flexibility index (Phi) is 8.19. The van der Waals surface area contributed by atoms with Crippen molar-refractivity contribution in [3.05, 3.63) is 224 Å². The lowest BCUT2D eigenvalue weighted by atomic mass is 9.94. The Bertz CT molecular complexity index is 3270. The van der Waals surface area contributed by atoms with Crippen LogP contribution in [0.5, 0.6) is 0 Å². The summed E-state index contributed by atoms with van der Waals surface area (Å²) in [5.74, 6) is 0. The van der Waals surface area contributed by atoms with Gasteiger partial charge in [0, 0.05) is 27.7 Å². The molecule has 10 aromatic carbocycles. The molecular formula is C56H37NO. The van der Waals surface area contributed by atoms with Gasteiger partial charge in [-0.2, -0.15) is 0 Å². The molecule has 0 N–H and O–H groups in total. The molecule has 0 saturated carbocycles. The van der Waals surface area contributed by atoms with Gasteiger partial charge in [-0.05, 0) is 121 Å². The van der Waals surface area contributed by atoms with Gasteiger partial charge in [-0.1, -0.05) is 164 Å². The van der Waals surface area contributed by atoms with Gasteiger partial charge in [-0.25, -0.2) is 0 Å². The second-order valence-corrected chi connectivity index (χ2v) is 14.9. The second-order valence-electron chi connectivity index (χ2n) is 14.9. The van der Waals surface area contributed by atoms with Crippen molar-refractivity contribution in [2.45, 2.75) is 0 Å². The van der Waals surface area contributed by atoms with Crippen molar-refractivity contribution in [3.63, 3.8) is 0 Å². The largest absolute Gasteiger partial charge is 0.456 e. The fourth-order valence-corrected chi connectivity index (χ4v) is 8.56. The van der Waals surface area contributed by atoms with Crippen LogP contribution in [0.4, 0.5) is 17.1 Å². The quantitative estimate of drug-likeness (QED) is 0.162. The van der Waals surface area contributed by atoms with Crippen LogP contribution in [0, 0.1) is 0 Å². The molecule has 0 atom stereocenters. The maximum absolute atomic E-state index is 6.22. The molecule has 11 aromatic rings. The summed E-state index contributed by atoms with van der Waals surface area (Å²) in [6.07, 6.45) is 0. The van der Waals surface area contributed by atoms with E-state index < -0.39 is 0 Å².